The molecule has 1 aromatic carbocycles. The van der Waals surface area contributed by atoms with Gasteiger partial charge in [-0.05, 0) is 38.6 Å². The van der Waals surface area contributed by atoms with Crippen LogP contribution in [0.15, 0.2) is 24.3 Å². The largest absolute Gasteiger partial charge is 0.340 e. The van der Waals surface area contributed by atoms with Crippen LogP contribution in [0.5, 0.6) is 0 Å². The molecule has 7 heteroatoms. The second-order valence-corrected chi connectivity index (χ2v) is 6.10. The summed E-state index contributed by atoms with van der Waals surface area (Å²) in [6.45, 7) is 5.87. The number of nitrogens with zero attached hydrogens (tertiary/aromatic N) is 3. The summed E-state index contributed by atoms with van der Waals surface area (Å²) in [5.41, 5.74) is 3.44. The number of halogens is 2. The molecule has 0 saturated carbocycles. The number of aryl methyl sites for hydroxylation is 1. The molecule has 0 saturated heterocycles. The van der Waals surface area contributed by atoms with Gasteiger partial charge in [-0.25, -0.2) is 0 Å². The van der Waals surface area contributed by atoms with E-state index in [1.165, 1.54) is 0 Å². The van der Waals surface area contributed by atoms with Crippen LogP contribution in [0.1, 0.15) is 27.3 Å². The Morgan fingerprint density at radius 2 is 1.92 bits per heavy atom. The first kappa shape index (κ1) is 20.5. The maximum atomic E-state index is 12.6. The zero-order chi connectivity index (χ0) is 17.0. The summed E-state index contributed by atoms with van der Waals surface area (Å²) in [6.07, 6.45) is 0. The van der Waals surface area contributed by atoms with E-state index in [0.717, 1.165) is 23.5 Å². The van der Waals surface area contributed by atoms with Gasteiger partial charge in [0.25, 0.3) is 5.91 Å². The van der Waals surface area contributed by atoms with Crippen LogP contribution in [0.25, 0.3) is 0 Å². The second-order valence-electron chi connectivity index (χ2n) is 5.66. The molecule has 1 aromatic heterocycles. The molecule has 24 heavy (non-hydrogen) atoms. The highest BCUT2D eigenvalue weighted by Crippen LogP contribution is 2.17. The van der Waals surface area contributed by atoms with Crippen LogP contribution in [0.4, 0.5) is 0 Å². The number of likely N-dealkylation sites (N-methyl/N-ethyl adjacent to an activating group) is 2. The lowest BCUT2D eigenvalue weighted by Crippen LogP contribution is -2.33. The fourth-order valence-corrected chi connectivity index (χ4v) is 2.62. The van der Waals surface area contributed by atoms with Gasteiger partial charge in [0.1, 0.15) is 0 Å². The first-order valence-electron chi connectivity index (χ1n) is 7.62. The number of rotatable bonds is 6. The normalized spacial score (nSPS) is 10.4. The Bertz CT molecular complexity index is 683. The lowest BCUT2D eigenvalue weighted by Gasteiger charge is -2.17. The predicted octanol–water partition coefficient (Wildman–Crippen LogP) is 2.91. The molecule has 1 amide bonds. The van der Waals surface area contributed by atoms with Crippen LogP contribution in [0.3, 0.4) is 0 Å². The fourth-order valence-electron chi connectivity index (χ4n) is 2.50. The standard InChI is InChI=1S/C17H23ClN4O.ClH/c1-12-16(17(23)21(4)10-9-19-3)13(2)22(20-12)11-14-5-7-15(18)8-6-14;/h5-8,19H,9-11H2,1-4H3;1H. The number of nitrogens with one attached hydrogen (secondary N) is 1. The molecule has 2 rings (SSSR count). The molecule has 0 fully saturated rings. The maximum Gasteiger partial charge on any atom is 0.257 e. The van der Waals surface area contributed by atoms with Crippen molar-refractivity contribution < 1.29 is 4.79 Å². The van der Waals surface area contributed by atoms with Crippen molar-refractivity contribution >= 4 is 29.9 Å². The van der Waals surface area contributed by atoms with Crippen LogP contribution in [-0.2, 0) is 6.54 Å². The van der Waals surface area contributed by atoms with E-state index in [1.807, 2.05) is 56.9 Å². The number of hydrogen-bond acceptors (Lipinski definition) is 3. The van der Waals surface area contributed by atoms with Gasteiger partial charge in [0.2, 0.25) is 0 Å². The summed E-state index contributed by atoms with van der Waals surface area (Å²) in [7, 11) is 3.69. The topological polar surface area (TPSA) is 50.2 Å². The highest BCUT2D eigenvalue weighted by molar-refractivity contribution is 6.30. The van der Waals surface area contributed by atoms with Crippen LogP contribution in [0, 0.1) is 13.8 Å². The van der Waals surface area contributed by atoms with Crippen molar-refractivity contribution in [2.75, 3.05) is 27.2 Å². The summed E-state index contributed by atoms with van der Waals surface area (Å²) < 4.78 is 1.87. The van der Waals surface area contributed by atoms with Gasteiger partial charge in [0, 0.05) is 30.9 Å². The third-order valence-corrected chi connectivity index (χ3v) is 4.14. The van der Waals surface area contributed by atoms with Crippen molar-refractivity contribution in [1.82, 2.24) is 20.0 Å². The van der Waals surface area contributed by atoms with Crippen LogP contribution >= 0.6 is 24.0 Å². The molecule has 0 bridgehead atoms. The summed E-state index contributed by atoms with van der Waals surface area (Å²) >= 11 is 5.92. The molecule has 1 heterocycles. The van der Waals surface area contributed by atoms with Crippen LogP contribution in [0.2, 0.25) is 5.02 Å². The molecule has 0 aliphatic carbocycles. The van der Waals surface area contributed by atoms with E-state index in [1.54, 1.807) is 4.90 Å². The van der Waals surface area contributed by atoms with Crippen molar-refractivity contribution in [3.63, 3.8) is 0 Å². The van der Waals surface area contributed by atoms with Gasteiger partial charge < -0.3 is 10.2 Å². The van der Waals surface area contributed by atoms with Gasteiger partial charge >= 0.3 is 0 Å². The molecule has 2 aromatic rings. The van der Waals surface area contributed by atoms with Gasteiger partial charge in [0.05, 0.1) is 17.8 Å². The SMILES string of the molecule is CNCCN(C)C(=O)c1c(C)nn(Cc2ccc(Cl)cc2)c1C.Cl. The predicted molar refractivity (Wildman–Crippen MR) is 100 cm³/mol. The van der Waals surface area contributed by atoms with Crippen molar-refractivity contribution in [3.8, 4) is 0 Å². The number of benzene rings is 1. The van der Waals surface area contributed by atoms with E-state index in [2.05, 4.69) is 10.4 Å². The Balaban J connectivity index is 0.00000288. The minimum atomic E-state index is 0. The molecule has 1 N–H and O–H groups in total. The van der Waals surface area contributed by atoms with E-state index >= 15 is 0 Å². The zero-order valence-corrected chi connectivity index (χ0v) is 16.0. The molecule has 0 aliphatic rings. The molecule has 0 aliphatic heterocycles. The average Bonchev–Trinajstić information content (AvgIpc) is 2.80. The highest BCUT2D eigenvalue weighted by atomic mass is 35.5. The summed E-state index contributed by atoms with van der Waals surface area (Å²) in [5.74, 6) is 0.0117. The summed E-state index contributed by atoms with van der Waals surface area (Å²) in [5, 5.41) is 8.30. The first-order valence-corrected chi connectivity index (χ1v) is 8.00. The van der Waals surface area contributed by atoms with E-state index in [-0.39, 0.29) is 18.3 Å². The Kier molecular flexibility index (Phi) is 7.73. The van der Waals surface area contributed by atoms with Gasteiger partial charge in [-0.3, -0.25) is 9.48 Å². The zero-order valence-electron chi connectivity index (χ0n) is 14.5. The number of carbonyl (C=O) groups excluding carboxylic acids is 1. The summed E-state index contributed by atoms with van der Waals surface area (Å²) in [6, 6.07) is 7.67. The van der Waals surface area contributed by atoms with Gasteiger partial charge in [-0.15, -0.1) is 12.4 Å². The number of carbonyl (C=O) groups is 1. The number of aromatic nitrogens is 2. The maximum absolute atomic E-state index is 12.6. The Morgan fingerprint density at radius 1 is 1.29 bits per heavy atom. The second kappa shape index (κ2) is 9.06. The lowest BCUT2D eigenvalue weighted by molar-refractivity contribution is 0.0795. The van der Waals surface area contributed by atoms with Crippen LogP contribution < -0.4 is 5.32 Å². The molecule has 0 spiro atoms. The number of hydrogen-bond donors (Lipinski definition) is 1. The van der Waals surface area contributed by atoms with Crippen molar-refractivity contribution in [3.05, 3.63) is 51.8 Å². The molecule has 0 atom stereocenters. The third-order valence-electron chi connectivity index (χ3n) is 3.88. The van der Waals surface area contributed by atoms with E-state index in [9.17, 15) is 4.79 Å². The van der Waals surface area contributed by atoms with Crippen molar-refractivity contribution in [2.45, 2.75) is 20.4 Å². The molecule has 0 unspecified atom stereocenters. The van der Waals surface area contributed by atoms with Crippen LogP contribution in [-0.4, -0.2) is 47.8 Å². The molecule has 5 nitrogen and oxygen atoms in total. The summed E-state index contributed by atoms with van der Waals surface area (Å²) in [4.78, 5) is 14.4. The van der Waals surface area contributed by atoms with Crippen molar-refractivity contribution in [2.24, 2.45) is 0 Å². The number of amides is 1. The van der Waals surface area contributed by atoms with E-state index in [4.69, 9.17) is 11.6 Å². The first-order chi connectivity index (χ1) is 10.9. The molecule has 0 radical (unpaired) electrons. The van der Waals surface area contributed by atoms with Crippen molar-refractivity contribution in [1.29, 1.82) is 0 Å². The lowest BCUT2D eigenvalue weighted by atomic mass is 10.1. The minimum Gasteiger partial charge on any atom is -0.340 e. The molecular weight excluding hydrogens is 347 g/mol. The Morgan fingerprint density at radius 3 is 2.50 bits per heavy atom. The fraction of sp³-hybridized carbons (Fsp3) is 0.412. The van der Waals surface area contributed by atoms with Gasteiger partial charge in [-0.2, -0.15) is 5.10 Å². The molecule has 132 valence electrons. The third kappa shape index (κ3) is 4.72. The van der Waals surface area contributed by atoms with Gasteiger partial charge in [-0.1, -0.05) is 23.7 Å². The Hall–Kier alpha value is -1.56. The molecular formula is C17H24Cl2N4O. The van der Waals surface area contributed by atoms with E-state index in [0.29, 0.717) is 23.7 Å². The monoisotopic (exact) mass is 370 g/mol. The quantitative estimate of drug-likeness (QED) is 0.850. The average molecular weight is 371 g/mol. The van der Waals surface area contributed by atoms with E-state index < -0.39 is 0 Å². The smallest absolute Gasteiger partial charge is 0.257 e. The minimum absolute atomic E-state index is 0. The van der Waals surface area contributed by atoms with Gasteiger partial charge in [0.15, 0.2) is 0 Å². The highest BCUT2D eigenvalue weighted by Gasteiger charge is 2.21. The Labute approximate surface area is 154 Å².